The quantitative estimate of drug-likeness (QED) is 0.843. The number of hydrogen-bond acceptors (Lipinski definition) is 4. The minimum atomic E-state index is -0.113. The average Bonchev–Trinajstić information content (AvgIpc) is 2.90. The Morgan fingerprint density at radius 1 is 1.56 bits per heavy atom. The monoisotopic (exact) mass is 246 g/mol. The van der Waals surface area contributed by atoms with Crippen LogP contribution in [0.1, 0.15) is 29.3 Å². The van der Waals surface area contributed by atoms with Crippen LogP contribution in [-0.4, -0.2) is 41.6 Å². The third-order valence-corrected chi connectivity index (χ3v) is 3.10. The number of aryl methyl sites for hydroxylation is 1. The van der Waals surface area contributed by atoms with Crippen molar-refractivity contribution in [1.82, 2.24) is 29.6 Å². The molecule has 1 amide bonds. The number of imidazole rings is 1. The van der Waals surface area contributed by atoms with Gasteiger partial charge in [0, 0.05) is 25.5 Å². The van der Waals surface area contributed by atoms with Crippen molar-refractivity contribution < 1.29 is 4.79 Å². The zero-order valence-corrected chi connectivity index (χ0v) is 10.1. The fourth-order valence-corrected chi connectivity index (χ4v) is 1.90. The van der Waals surface area contributed by atoms with E-state index in [2.05, 4.69) is 20.2 Å². The Kier molecular flexibility index (Phi) is 2.58. The largest absolute Gasteiger partial charge is 0.337 e. The molecule has 1 aliphatic rings. The van der Waals surface area contributed by atoms with Crippen LogP contribution in [0.5, 0.6) is 0 Å². The van der Waals surface area contributed by atoms with Gasteiger partial charge in [-0.3, -0.25) is 9.89 Å². The second-order valence-corrected chi connectivity index (χ2v) is 4.45. The fraction of sp³-hybridized carbons (Fsp3) is 0.455. The van der Waals surface area contributed by atoms with Crippen molar-refractivity contribution in [2.75, 3.05) is 0 Å². The fourth-order valence-electron chi connectivity index (χ4n) is 1.90. The van der Waals surface area contributed by atoms with Crippen molar-refractivity contribution in [3.8, 4) is 0 Å². The Bertz CT molecular complexity index is 542. The van der Waals surface area contributed by atoms with Crippen molar-refractivity contribution in [2.24, 2.45) is 7.05 Å². The molecular weight excluding hydrogens is 232 g/mol. The molecular formula is C11H14N6O. The standard InChI is InChI=1S/C11H14N6O/c1-16-5-4-12-9(16)6-17(8-2-3-8)11(18)10-13-7-14-15-10/h4-5,7-8H,2-3,6H2,1H3,(H,13,14,15). The molecule has 0 atom stereocenters. The molecule has 0 unspecified atom stereocenters. The number of H-pyrrole nitrogens is 1. The van der Waals surface area contributed by atoms with Gasteiger partial charge in [-0.2, -0.15) is 5.10 Å². The minimum Gasteiger partial charge on any atom is -0.337 e. The van der Waals surface area contributed by atoms with Crippen molar-refractivity contribution in [1.29, 1.82) is 0 Å². The molecule has 0 aliphatic heterocycles. The Morgan fingerprint density at radius 2 is 2.39 bits per heavy atom. The molecule has 1 N–H and O–H groups in total. The number of amides is 1. The Labute approximate surface area is 104 Å². The van der Waals surface area contributed by atoms with Crippen molar-refractivity contribution in [3.05, 3.63) is 30.4 Å². The van der Waals surface area contributed by atoms with Gasteiger partial charge in [0.1, 0.15) is 12.2 Å². The predicted octanol–water partition coefficient (Wildman–Crippen LogP) is 0.343. The number of carbonyl (C=O) groups excluding carboxylic acids is 1. The molecule has 2 heterocycles. The van der Waals surface area contributed by atoms with Gasteiger partial charge in [-0.25, -0.2) is 9.97 Å². The van der Waals surface area contributed by atoms with Crippen LogP contribution in [0.3, 0.4) is 0 Å². The van der Waals surface area contributed by atoms with Crippen LogP contribution in [0, 0.1) is 0 Å². The van der Waals surface area contributed by atoms with Crippen LogP contribution in [0.4, 0.5) is 0 Å². The molecule has 7 nitrogen and oxygen atoms in total. The smallest absolute Gasteiger partial charge is 0.291 e. The maximum Gasteiger partial charge on any atom is 0.291 e. The summed E-state index contributed by atoms with van der Waals surface area (Å²) in [6.07, 6.45) is 7.05. The first-order chi connectivity index (χ1) is 8.75. The summed E-state index contributed by atoms with van der Waals surface area (Å²) >= 11 is 0. The average molecular weight is 246 g/mol. The summed E-state index contributed by atoms with van der Waals surface area (Å²) < 4.78 is 1.92. The molecule has 1 aliphatic carbocycles. The zero-order valence-electron chi connectivity index (χ0n) is 10.1. The van der Waals surface area contributed by atoms with Gasteiger partial charge < -0.3 is 9.47 Å². The number of nitrogens with zero attached hydrogens (tertiary/aromatic N) is 5. The summed E-state index contributed by atoms with van der Waals surface area (Å²) in [5, 5.41) is 6.33. The summed E-state index contributed by atoms with van der Waals surface area (Å²) in [6, 6.07) is 0.305. The van der Waals surface area contributed by atoms with Crippen LogP contribution in [0.2, 0.25) is 0 Å². The summed E-state index contributed by atoms with van der Waals surface area (Å²) in [4.78, 5) is 22.3. The van der Waals surface area contributed by atoms with Crippen LogP contribution >= 0.6 is 0 Å². The van der Waals surface area contributed by atoms with Crippen molar-refractivity contribution >= 4 is 5.91 Å². The maximum absolute atomic E-state index is 12.3. The summed E-state index contributed by atoms with van der Waals surface area (Å²) in [7, 11) is 1.92. The summed E-state index contributed by atoms with van der Waals surface area (Å²) in [6.45, 7) is 0.508. The lowest BCUT2D eigenvalue weighted by molar-refractivity contribution is 0.0712. The highest BCUT2D eigenvalue weighted by Crippen LogP contribution is 2.29. The van der Waals surface area contributed by atoms with E-state index in [1.54, 1.807) is 6.20 Å². The van der Waals surface area contributed by atoms with E-state index in [0.29, 0.717) is 12.6 Å². The van der Waals surface area contributed by atoms with Crippen LogP contribution in [0.25, 0.3) is 0 Å². The van der Waals surface area contributed by atoms with Gasteiger partial charge in [-0.05, 0) is 12.8 Å². The highest BCUT2D eigenvalue weighted by Gasteiger charge is 2.34. The van der Waals surface area contributed by atoms with E-state index in [1.807, 2.05) is 22.7 Å². The Morgan fingerprint density at radius 3 is 2.94 bits per heavy atom. The molecule has 2 aromatic rings. The molecule has 1 fully saturated rings. The van der Waals surface area contributed by atoms with E-state index in [4.69, 9.17) is 0 Å². The minimum absolute atomic E-state index is 0.113. The maximum atomic E-state index is 12.3. The van der Waals surface area contributed by atoms with Crippen molar-refractivity contribution in [2.45, 2.75) is 25.4 Å². The number of aromatic nitrogens is 5. The Balaban J connectivity index is 1.81. The van der Waals surface area contributed by atoms with Gasteiger partial charge in [-0.15, -0.1) is 0 Å². The van der Waals surface area contributed by atoms with E-state index in [9.17, 15) is 4.79 Å². The third kappa shape index (κ3) is 1.99. The topological polar surface area (TPSA) is 79.7 Å². The van der Waals surface area contributed by atoms with E-state index in [1.165, 1.54) is 6.33 Å². The lowest BCUT2D eigenvalue weighted by Crippen LogP contribution is -2.34. The molecule has 0 saturated heterocycles. The van der Waals surface area contributed by atoms with Gasteiger partial charge in [0.05, 0.1) is 6.54 Å². The van der Waals surface area contributed by atoms with Crippen molar-refractivity contribution in [3.63, 3.8) is 0 Å². The second kappa shape index (κ2) is 4.25. The Hall–Kier alpha value is -2.18. The molecule has 0 spiro atoms. The number of aromatic amines is 1. The molecule has 0 bridgehead atoms. The highest BCUT2D eigenvalue weighted by molar-refractivity contribution is 5.90. The van der Waals surface area contributed by atoms with E-state index in [0.717, 1.165) is 18.7 Å². The van der Waals surface area contributed by atoms with Gasteiger partial charge in [-0.1, -0.05) is 0 Å². The van der Waals surface area contributed by atoms with E-state index < -0.39 is 0 Å². The molecule has 3 rings (SSSR count). The normalized spacial score (nSPS) is 14.7. The van der Waals surface area contributed by atoms with Crippen LogP contribution in [-0.2, 0) is 13.6 Å². The summed E-state index contributed by atoms with van der Waals surface area (Å²) in [5.41, 5.74) is 0. The molecule has 1 saturated carbocycles. The van der Waals surface area contributed by atoms with Gasteiger partial charge in [0.25, 0.3) is 5.91 Å². The van der Waals surface area contributed by atoms with Gasteiger partial charge >= 0.3 is 0 Å². The van der Waals surface area contributed by atoms with Gasteiger partial charge in [0.2, 0.25) is 5.82 Å². The zero-order chi connectivity index (χ0) is 12.5. The number of carbonyl (C=O) groups is 1. The third-order valence-electron chi connectivity index (χ3n) is 3.10. The first kappa shape index (κ1) is 10.9. The number of hydrogen-bond donors (Lipinski definition) is 1. The molecule has 0 aromatic carbocycles. The molecule has 0 radical (unpaired) electrons. The van der Waals surface area contributed by atoms with Crippen LogP contribution in [0.15, 0.2) is 18.7 Å². The molecule has 7 heteroatoms. The molecule has 2 aromatic heterocycles. The molecule has 18 heavy (non-hydrogen) atoms. The van der Waals surface area contributed by atoms with Crippen LogP contribution < -0.4 is 0 Å². The SMILES string of the molecule is Cn1ccnc1CN(C(=O)c1ncn[nH]1)C1CC1. The highest BCUT2D eigenvalue weighted by atomic mass is 16.2. The predicted molar refractivity (Wildman–Crippen MR) is 62.5 cm³/mol. The van der Waals surface area contributed by atoms with Gasteiger partial charge in [0.15, 0.2) is 0 Å². The first-order valence-corrected chi connectivity index (χ1v) is 5.88. The number of nitrogens with one attached hydrogen (secondary N) is 1. The lowest BCUT2D eigenvalue weighted by Gasteiger charge is -2.20. The lowest BCUT2D eigenvalue weighted by atomic mass is 10.4. The summed E-state index contributed by atoms with van der Waals surface area (Å²) in [5.74, 6) is 1.05. The molecule has 94 valence electrons. The second-order valence-electron chi connectivity index (χ2n) is 4.45. The number of rotatable bonds is 4. The first-order valence-electron chi connectivity index (χ1n) is 5.88. The van der Waals surface area contributed by atoms with E-state index in [-0.39, 0.29) is 11.7 Å². The van der Waals surface area contributed by atoms with E-state index >= 15 is 0 Å².